The summed E-state index contributed by atoms with van der Waals surface area (Å²) in [5.74, 6) is -0.0775. The van der Waals surface area contributed by atoms with E-state index in [1.807, 2.05) is 30.3 Å². The van der Waals surface area contributed by atoms with E-state index in [4.69, 9.17) is 5.53 Å². The van der Waals surface area contributed by atoms with Crippen LogP contribution in [-0.4, -0.2) is 12.3 Å². The van der Waals surface area contributed by atoms with Gasteiger partial charge in [-0.05, 0) is 24.1 Å². The maximum atomic E-state index is 11.2. The Balaban J connectivity index is 2.93. The van der Waals surface area contributed by atoms with Crippen LogP contribution < -0.4 is 0 Å². The second-order valence-corrected chi connectivity index (χ2v) is 3.03. The maximum Gasteiger partial charge on any atom is 0.155 e. The molecule has 0 aliphatic heterocycles. The zero-order chi connectivity index (χ0) is 11.1. The number of carbonyl (C=O) groups is 1. The summed E-state index contributed by atoms with van der Waals surface area (Å²) >= 11 is 0. The highest BCUT2D eigenvalue weighted by Gasteiger charge is 2.01. The quantitative estimate of drug-likeness (QED) is 0.319. The van der Waals surface area contributed by atoms with E-state index in [9.17, 15) is 4.79 Å². The lowest BCUT2D eigenvalue weighted by molar-refractivity contribution is -0.113. The maximum absolute atomic E-state index is 11.2. The summed E-state index contributed by atoms with van der Waals surface area (Å²) in [4.78, 5) is 13.8. The molecular formula is C11H11N3O. The zero-order valence-corrected chi connectivity index (χ0v) is 8.42. The van der Waals surface area contributed by atoms with Gasteiger partial charge in [0.15, 0.2) is 5.78 Å². The van der Waals surface area contributed by atoms with Crippen molar-refractivity contribution < 1.29 is 4.79 Å². The largest absolute Gasteiger partial charge is 0.295 e. The first kappa shape index (κ1) is 11.0. The summed E-state index contributed by atoms with van der Waals surface area (Å²) in [6.45, 7) is 1.56. The van der Waals surface area contributed by atoms with Crippen molar-refractivity contribution in [3.8, 4) is 0 Å². The van der Waals surface area contributed by atoms with Crippen LogP contribution in [0.1, 0.15) is 12.5 Å². The minimum atomic E-state index is -0.0775. The lowest BCUT2D eigenvalue weighted by Gasteiger charge is -1.98. The van der Waals surface area contributed by atoms with E-state index in [0.29, 0.717) is 5.57 Å². The highest BCUT2D eigenvalue weighted by Crippen LogP contribution is 2.07. The Kier molecular flexibility index (Phi) is 4.13. The highest BCUT2D eigenvalue weighted by molar-refractivity contribution is 5.98. The number of Topliss-reactive ketones (excluding diaryl/α,β-unsaturated/α-hetero) is 1. The fourth-order valence-electron chi connectivity index (χ4n) is 1.12. The fourth-order valence-corrected chi connectivity index (χ4v) is 1.12. The summed E-state index contributed by atoms with van der Waals surface area (Å²) in [6.07, 6.45) is 1.73. The summed E-state index contributed by atoms with van der Waals surface area (Å²) < 4.78 is 0. The number of nitrogens with zero attached hydrogens (tertiary/aromatic N) is 3. The van der Waals surface area contributed by atoms with Crippen molar-refractivity contribution in [2.75, 3.05) is 6.54 Å². The molecule has 1 aromatic carbocycles. The van der Waals surface area contributed by atoms with Gasteiger partial charge < -0.3 is 0 Å². The summed E-state index contributed by atoms with van der Waals surface area (Å²) in [5, 5.41) is 3.38. The van der Waals surface area contributed by atoms with Crippen molar-refractivity contribution in [2.45, 2.75) is 6.92 Å². The van der Waals surface area contributed by atoms with Gasteiger partial charge in [-0.1, -0.05) is 35.4 Å². The Labute approximate surface area is 87.9 Å². The van der Waals surface area contributed by atoms with Gasteiger partial charge in [-0.15, -0.1) is 0 Å². The van der Waals surface area contributed by atoms with E-state index in [1.54, 1.807) is 6.08 Å². The second kappa shape index (κ2) is 5.62. The van der Waals surface area contributed by atoms with E-state index in [-0.39, 0.29) is 12.3 Å². The number of hydrogen-bond acceptors (Lipinski definition) is 2. The first-order valence-corrected chi connectivity index (χ1v) is 4.51. The van der Waals surface area contributed by atoms with Crippen molar-refractivity contribution in [1.82, 2.24) is 0 Å². The summed E-state index contributed by atoms with van der Waals surface area (Å²) in [5.41, 5.74) is 9.62. The first-order valence-electron chi connectivity index (χ1n) is 4.51. The van der Waals surface area contributed by atoms with Gasteiger partial charge in [0, 0.05) is 10.5 Å². The van der Waals surface area contributed by atoms with Crippen LogP contribution in [0.15, 0.2) is 41.0 Å². The molecule has 0 aliphatic carbocycles. The minimum absolute atomic E-state index is 0.0775. The number of benzene rings is 1. The van der Waals surface area contributed by atoms with E-state index in [2.05, 4.69) is 10.0 Å². The number of rotatable bonds is 4. The Morgan fingerprint density at radius 2 is 2.13 bits per heavy atom. The smallest absolute Gasteiger partial charge is 0.155 e. The molecule has 0 heterocycles. The molecule has 0 atom stereocenters. The molecule has 0 bridgehead atoms. The number of carbonyl (C=O) groups excluding carboxylic acids is 1. The van der Waals surface area contributed by atoms with Crippen LogP contribution in [0.2, 0.25) is 0 Å². The standard InChI is InChI=1S/C11H11N3O/c1-9(15)11(8-13-14-12)7-10-5-3-2-4-6-10/h2-7H,8H2,1H3/b11-7+. The summed E-state index contributed by atoms with van der Waals surface area (Å²) in [6, 6.07) is 9.45. The Morgan fingerprint density at radius 1 is 1.47 bits per heavy atom. The lowest BCUT2D eigenvalue weighted by atomic mass is 10.1. The van der Waals surface area contributed by atoms with Gasteiger partial charge in [0.05, 0.1) is 6.54 Å². The van der Waals surface area contributed by atoms with Gasteiger partial charge in [0.2, 0.25) is 0 Å². The minimum Gasteiger partial charge on any atom is -0.295 e. The van der Waals surface area contributed by atoms with E-state index >= 15 is 0 Å². The number of azide groups is 1. The fraction of sp³-hybridized carbons (Fsp3) is 0.182. The van der Waals surface area contributed by atoms with Crippen LogP contribution in [0, 0.1) is 0 Å². The van der Waals surface area contributed by atoms with Crippen LogP contribution in [-0.2, 0) is 4.79 Å². The molecule has 1 rings (SSSR count). The number of ketones is 1. The molecular weight excluding hydrogens is 190 g/mol. The summed E-state index contributed by atoms with van der Waals surface area (Å²) in [7, 11) is 0. The van der Waals surface area contributed by atoms with Gasteiger partial charge in [-0.25, -0.2) is 0 Å². The third-order valence-electron chi connectivity index (χ3n) is 1.90. The third kappa shape index (κ3) is 3.67. The SMILES string of the molecule is CC(=O)/C(=C/c1ccccc1)CN=[N+]=[N-]. The van der Waals surface area contributed by atoms with Gasteiger partial charge in [-0.3, -0.25) is 4.79 Å². The average molecular weight is 201 g/mol. The second-order valence-electron chi connectivity index (χ2n) is 3.03. The molecule has 0 spiro atoms. The Hall–Kier alpha value is -2.06. The molecule has 4 nitrogen and oxygen atoms in total. The monoisotopic (exact) mass is 201 g/mol. The van der Waals surface area contributed by atoms with Crippen LogP contribution >= 0.6 is 0 Å². The molecule has 0 aliphatic rings. The first-order chi connectivity index (χ1) is 7.24. The van der Waals surface area contributed by atoms with Gasteiger partial charge in [0.25, 0.3) is 0 Å². The molecule has 1 aromatic rings. The molecule has 0 radical (unpaired) electrons. The van der Waals surface area contributed by atoms with Crippen molar-refractivity contribution >= 4 is 11.9 Å². The van der Waals surface area contributed by atoms with Crippen molar-refractivity contribution in [3.63, 3.8) is 0 Å². The molecule has 0 amide bonds. The average Bonchev–Trinajstić information content (AvgIpc) is 2.25. The predicted molar refractivity (Wildman–Crippen MR) is 59.1 cm³/mol. The van der Waals surface area contributed by atoms with Gasteiger partial charge in [0.1, 0.15) is 0 Å². The molecule has 0 aromatic heterocycles. The molecule has 0 N–H and O–H groups in total. The van der Waals surface area contributed by atoms with E-state index in [1.165, 1.54) is 6.92 Å². The topological polar surface area (TPSA) is 65.8 Å². The molecule has 0 unspecified atom stereocenters. The van der Waals surface area contributed by atoms with Crippen LogP contribution in [0.25, 0.3) is 16.5 Å². The molecule has 0 fully saturated rings. The third-order valence-corrected chi connectivity index (χ3v) is 1.90. The van der Waals surface area contributed by atoms with Crippen LogP contribution in [0.3, 0.4) is 0 Å². The molecule has 76 valence electrons. The number of hydrogen-bond donors (Lipinski definition) is 0. The zero-order valence-electron chi connectivity index (χ0n) is 8.42. The van der Waals surface area contributed by atoms with Crippen molar-refractivity contribution in [3.05, 3.63) is 51.9 Å². The van der Waals surface area contributed by atoms with Crippen molar-refractivity contribution in [2.24, 2.45) is 5.11 Å². The lowest BCUT2D eigenvalue weighted by Crippen LogP contribution is -1.99. The molecule has 0 saturated carbocycles. The Bertz CT molecular complexity index is 417. The van der Waals surface area contributed by atoms with Crippen LogP contribution in [0.4, 0.5) is 0 Å². The van der Waals surface area contributed by atoms with Crippen molar-refractivity contribution in [1.29, 1.82) is 0 Å². The van der Waals surface area contributed by atoms with E-state index < -0.39 is 0 Å². The van der Waals surface area contributed by atoms with Crippen LogP contribution in [0.5, 0.6) is 0 Å². The Morgan fingerprint density at radius 3 is 2.67 bits per heavy atom. The molecule has 0 saturated heterocycles. The van der Waals surface area contributed by atoms with E-state index in [0.717, 1.165) is 5.56 Å². The highest BCUT2D eigenvalue weighted by atomic mass is 16.1. The van der Waals surface area contributed by atoms with Gasteiger partial charge in [-0.2, -0.15) is 0 Å². The van der Waals surface area contributed by atoms with Gasteiger partial charge >= 0.3 is 0 Å². The molecule has 4 heteroatoms. The molecule has 15 heavy (non-hydrogen) atoms. The predicted octanol–water partition coefficient (Wildman–Crippen LogP) is 2.97. The normalized spacial score (nSPS) is 10.6.